The standard InChI is InChI=1S/2C39H56BS3.5CHCl3.2Tl/c2*1-2-4-36(5-3-1)40(24-41-37-15-27-6-28(16-37)8-29(7-27)17-37,25-42-38-18-30-9-31(19-38)11-32(10-30)20-38)26-43-39-21-33-12-34(22-39)14-35(13-33)23-39;5*2-1(3)4;;/h2*1-5,27-35H,6-26H2;5*1H;;/q2*-1;;;;;;2*+1. The largest absolute Gasteiger partial charge is 1.00 e. The molecular weight excluding hydrogens is 2150 g/mol. The van der Waals surface area contributed by atoms with Crippen molar-refractivity contribution in [2.24, 2.45) is 107 Å². The van der Waals surface area contributed by atoms with Crippen LogP contribution in [0.5, 0.6) is 0 Å². The summed E-state index contributed by atoms with van der Waals surface area (Å²) < 4.78 is 0.0431. The van der Waals surface area contributed by atoms with Gasteiger partial charge in [0, 0.05) is 28.5 Å². The molecule has 24 fully saturated rings. The van der Waals surface area contributed by atoms with Crippen molar-refractivity contribution in [1.29, 1.82) is 0 Å². The molecule has 108 heavy (non-hydrogen) atoms. The van der Waals surface area contributed by atoms with Gasteiger partial charge in [-0.15, -0.1) is 33.9 Å². The van der Waals surface area contributed by atoms with Crippen LogP contribution >= 0.6 is 245 Å². The Hall–Kier alpha value is 6.86. The molecule has 0 heterocycles. The molecule has 0 N–H and O–H groups in total. The van der Waals surface area contributed by atoms with E-state index in [1.165, 1.54) is 33.9 Å². The molecule has 0 unspecified atom stereocenters. The van der Waals surface area contributed by atoms with Crippen LogP contribution in [0, 0.1) is 107 Å². The maximum atomic E-state index is 4.81. The maximum Gasteiger partial charge on any atom is 1.00 e. The second-order valence-electron chi connectivity index (χ2n) is 39.5. The van der Waals surface area contributed by atoms with Gasteiger partial charge in [-0.1, -0.05) is 235 Å². The number of rotatable bonds is 20. The first-order chi connectivity index (χ1) is 50.5. The Morgan fingerprint density at radius 3 is 0.417 bits per heavy atom. The number of hydrogen-bond acceptors (Lipinski definition) is 6. The van der Waals surface area contributed by atoms with E-state index >= 15 is 0 Å². The van der Waals surface area contributed by atoms with E-state index in [0.29, 0.717) is 28.5 Å². The van der Waals surface area contributed by atoms with E-state index in [0.717, 1.165) is 107 Å². The molecular formula is C83H117B2Cl15S6Tl2. The van der Waals surface area contributed by atoms with Gasteiger partial charge in [-0.2, -0.15) is 70.6 Å². The summed E-state index contributed by atoms with van der Waals surface area (Å²) in [6.07, 6.45) is 55.4. The zero-order valence-electron chi connectivity index (χ0n) is 63.2. The fourth-order valence-electron chi connectivity index (χ4n) is 29.9. The van der Waals surface area contributed by atoms with Crippen molar-refractivity contribution in [3.05, 3.63) is 60.7 Å². The molecule has 25 heteroatoms. The molecule has 0 radical (unpaired) electrons. The maximum absolute atomic E-state index is 4.81. The topological polar surface area (TPSA) is 0 Å². The molecule has 26 rings (SSSR count). The van der Waals surface area contributed by atoms with Gasteiger partial charge in [0.2, 0.25) is 0 Å². The molecule has 602 valence electrons. The minimum absolute atomic E-state index is 0. The van der Waals surface area contributed by atoms with Crippen LogP contribution in [0.2, 0.25) is 0 Å². The second kappa shape index (κ2) is 41.1. The van der Waals surface area contributed by atoms with Gasteiger partial charge in [-0.05, 0) is 338 Å². The van der Waals surface area contributed by atoms with Gasteiger partial charge in [-0.3, -0.25) is 0 Å². The molecule has 0 spiro atoms. The number of alkyl halides is 15. The van der Waals surface area contributed by atoms with Crippen molar-refractivity contribution in [2.75, 3.05) is 33.9 Å². The Kier molecular flexibility index (Phi) is 35.8. The summed E-state index contributed by atoms with van der Waals surface area (Å²) in [5, 5.41) is 0. The van der Waals surface area contributed by atoms with Crippen LogP contribution in [-0.2, 0) is 0 Å². The van der Waals surface area contributed by atoms with Crippen LogP contribution in [-0.4, -0.2) is 151 Å². The summed E-state index contributed by atoms with van der Waals surface area (Å²) in [6.45, 7) is 0. The summed E-state index contributed by atoms with van der Waals surface area (Å²) in [4.78, 5) is 0. The molecule has 0 aromatic heterocycles. The van der Waals surface area contributed by atoms with E-state index in [2.05, 4.69) is 131 Å². The van der Waals surface area contributed by atoms with Crippen LogP contribution in [0.1, 0.15) is 231 Å². The van der Waals surface area contributed by atoms with Gasteiger partial charge in [0.1, 0.15) is 0 Å². The quantitative estimate of drug-likeness (QED) is 0.0950. The van der Waals surface area contributed by atoms with Crippen LogP contribution in [0.4, 0.5) is 0 Å². The zero-order valence-corrected chi connectivity index (χ0v) is 88.4. The van der Waals surface area contributed by atoms with Crippen molar-refractivity contribution in [1.82, 2.24) is 0 Å². The van der Waals surface area contributed by atoms with Crippen LogP contribution < -0.4 is 10.9 Å². The SMILES string of the molecule is ClC(Cl)Cl.ClC(Cl)Cl.ClC(Cl)Cl.ClC(Cl)Cl.ClC(Cl)Cl.[Tl+].[Tl+].c1ccc([B-](CSC23CC4CC(CC(C4)C2)C3)(CSC23CC4CC(CC(C4)C2)C3)CSC23CC4CC(CC(C4)C2)C3)cc1.c1ccc([B-](CSC23CC4CC(CC(C4)C2)C3)(CSC23CC4CC(CC(C4)C2)C3)CSC23CC4CC(CC(C4)C2)C3)cc1. The fraction of sp³-hybridized carbons (Fsp3) is 0.855. The predicted molar refractivity (Wildman–Crippen MR) is 502 cm³/mol. The fourth-order valence-corrected chi connectivity index (χ4v) is 43.7. The smallest absolute Gasteiger partial charge is 0.207 e. The van der Waals surface area contributed by atoms with Gasteiger partial charge in [0.25, 0.3) is 0 Å². The minimum atomic E-state index is -0.750. The van der Waals surface area contributed by atoms with Crippen molar-refractivity contribution < 1.29 is 0 Å². The Morgan fingerprint density at radius 2 is 0.315 bits per heavy atom. The molecule has 0 aliphatic heterocycles. The molecule has 0 atom stereocenters. The van der Waals surface area contributed by atoms with Crippen molar-refractivity contribution in [3.63, 3.8) is 0 Å². The van der Waals surface area contributed by atoms with E-state index in [9.17, 15) is 0 Å². The first-order valence-electron chi connectivity index (χ1n) is 41.5. The number of halogens is 15. The van der Waals surface area contributed by atoms with Crippen molar-refractivity contribution >= 4 is 322 Å². The molecule has 24 aliphatic carbocycles. The first kappa shape index (κ1) is 94.0. The molecule has 2 aromatic carbocycles. The summed E-state index contributed by atoms with van der Waals surface area (Å²) in [7, 11) is 0. The van der Waals surface area contributed by atoms with Crippen molar-refractivity contribution in [3.8, 4) is 0 Å². The third kappa shape index (κ3) is 24.8. The Morgan fingerprint density at radius 1 is 0.213 bits per heavy atom. The van der Waals surface area contributed by atoms with Crippen LogP contribution in [0.3, 0.4) is 0 Å². The monoisotopic (exact) mass is 2260 g/mol. The minimum Gasteiger partial charge on any atom is -0.207 e. The summed E-state index contributed by atoms with van der Waals surface area (Å²) in [5.41, 5.74) is 12.3. The van der Waals surface area contributed by atoms with Crippen molar-refractivity contribution in [2.45, 2.75) is 281 Å². The van der Waals surface area contributed by atoms with Gasteiger partial charge < -0.3 is 0 Å². The van der Waals surface area contributed by atoms with E-state index in [-0.39, 0.29) is 54.6 Å². The molecule has 2 aromatic rings. The average Bonchev–Trinajstić information content (AvgIpc) is 0.745. The Balaban J connectivity index is 0.000000160. The zero-order chi connectivity index (χ0) is 74.4. The predicted octanol–water partition coefficient (Wildman–Crippen LogP) is 29.3. The third-order valence-electron chi connectivity index (χ3n) is 31.2. The van der Waals surface area contributed by atoms with E-state index in [1.807, 2.05) is 0 Å². The van der Waals surface area contributed by atoms with Crippen LogP contribution in [0.15, 0.2) is 60.7 Å². The summed E-state index contributed by atoms with van der Waals surface area (Å²) in [6, 6.07) is 24.7. The first-order valence-corrected chi connectivity index (χ1v) is 53.9. The van der Waals surface area contributed by atoms with E-state index in [4.69, 9.17) is 174 Å². The Bertz CT molecular complexity index is 2450. The summed E-state index contributed by atoms with van der Waals surface area (Å²) in [5.74, 6) is 19.3. The third-order valence-corrected chi connectivity index (χ3v) is 42.7. The van der Waals surface area contributed by atoms with Gasteiger partial charge >= 0.3 is 54.6 Å². The molecule has 24 saturated carbocycles. The van der Waals surface area contributed by atoms with Gasteiger partial charge in [-0.25, -0.2) is 10.9 Å². The van der Waals surface area contributed by atoms with E-state index in [1.54, 1.807) is 242 Å². The van der Waals surface area contributed by atoms with Crippen LogP contribution in [0.25, 0.3) is 0 Å². The number of benzene rings is 2. The van der Waals surface area contributed by atoms with E-state index < -0.39 is 33.8 Å². The van der Waals surface area contributed by atoms with Gasteiger partial charge in [0.05, 0.1) is 12.3 Å². The number of thioether (sulfide) groups is 6. The molecule has 24 bridgehead atoms. The van der Waals surface area contributed by atoms with Gasteiger partial charge in [0.15, 0.2) is 21.5 Å². The average molecular weight is 2270 g/mol. The Labute approximate surface area is 793 Å². The molecule has 0 amide bonds. The molecule has 0 nitrogen and oxygen atoms in total. The molecule has 0 saturated heterocycles. The molecule has 24 aliphatic rings. The number of hydrogen-bond donors (Lipinski definition) is 0. The normalized spacial score (nSPS) is 42.5. The summed E-state index contributed by atoms with van der Waals surface area (Å²) >= 11 is 87.5. The second-order valence-corrected chi connectivity index (χ2v) is 58.3.